The number of ether oxygens (including phenoxy) is 1. The van der Waals surface area contributed by atoms with Gasteiger partial charge < -0.3 is 10.1 Å². The summed E-state index contributed by atoms with van der Waals surface area (Å²) in [5, 5.41) is 2.62. The Morgan fingerprint density at radius 3 is 2.31 bits per heavy atom. The predicted octanol–water partition coefficient (Wildman–Crippen LogP) is 8.35. The Hall–Kier alpha value is -3.39. The highest BCUT2D eigenvalue weighted by atomic mass is 35.5. The average Bonchev–Trinajstić information content (AvgIpc) is 2.84. The summed E-state index contributed by atoms with van der Waals surface area (Å²) in [6.07, 6.45) is 2.09. The summed E-state index contributed by atoms with van der Waals surface area (Å²) in [6.45, 7) is 5.35. The Morgan fingerprint density at radius 1 is 1.08 bits per heavy atom. The minimum Gasteiger partial charge on any atom is -0.456 e. The molecule has 1 fully saturated rings. The SMILES string of the molecule is CC(C)(C)OC(=O)c1ccc(NC(=O)C(CC2CCC2)c2ccc(-c3c(C(F)F)ccc(Cl)c3F)cn2)cc1. The van der Waals surface area contributed by atoms with Crippen LogP contribution in [0.3, 0.4) is 0 Å². The Morgan fingerprint density at radius 2 is 1.77 bits per heavy atom. The van der Waals surface area contributed by atoms with Crippen molar-refractivity contribution >= 4 is 29.2 Å². The van der Waals surface area contributed by atoms with Gasteiger partial charge in [-0.3, -0.25) is 9.78 Å². The average molecular weight is 559 g/mol. The molecule has 0 bridgehead atoms. The number of anilines is 1. The molecular weight excluding hydrogens is 529 g/mol. The third kappa shape index (κ3) is 6.98. The molecule has 4 rings (SSSR count). The van der Waals surface area contributed by atoms with E-state index >= 15 is 0 Å². The fraction of sp³-hybridized carbons (Fsp3) is 0.367. The number of nitrogens with one attached hydrogen (secondary N) is 1. The third-order valence-corrected chi connectivity index (χ3v) is 6.98. The highest BCUT2D eigenvalue weighted by Crippen LogP contribution is 2.38. The number of aromatic nitrogens is 1. The van der Waals surface area contributed by atoms with Crippen molar-refractivity contribution in [2.45, 2.75) is 64.4 Å². The first-order chi connectivity index (χ1) is 18.4. The van der Waals surface area contributed by atoms with E-state index in [0.29, 0.717) is 29.3 Å². The van der Waals surface area contributed by atoms with Gasteiger partial charge in [-0.25, -0.2) is 18.0 Å². The Kier molecular flexibility index (Phi) is 8.64. The normalized spacial score (nSPS) is 14.6. The van der Waals surface area contributed by atoms with Gasteiger partial charge in [0.25, 0.3) is 6.43 Å². The molecule has 39 heavy (non-hydrogen) atoms. The van der Waals surface area contributed by atoms with Crippen molar-refractivity contribution in [1.82, 2.24) is 4.98 Å². The van der Waals surface area contributed by atoms with Crippen LogP contribution in [0.15, 0.2) is 54.7 Å². The first kappa shape index (κ1) is 28.6. The van der Waals surface area contributed by atoms with Gasteiger partial charge in [0.1, 0.15) is 11.4 Å². The molecular formula is C30H30ClF3N2O3. The minimum absolute atomic E-state index is 0.148. The lowest BCUT2D eigenvalue weighted by Gasteiger charge is -2.29. The van der Waals surface area contributed by atoms with Crippen molar-refractivity contribution < 1.29 is 27.5 Å². The van der Waals surface area contributed by atoms with Crippen molar-refractivity contribution in [2.75, 3.05) is 5.32 Å². The molecule has 0 spiro atoms. The van der Waals surface area contributed by atoms with Gasteiger partial charge in [-0.1, -0.05) is 43.0 Å². The lowest BCUT2D eigenvalue weighted by Crippen LogP contribution is -2.26. The summed E-state index contributed by atoms with van der Waals surface area (Å²) in [5.41, 5.74) is 0.0596. The smallest absolute Gasteiger partial charge is 0.338 e. The number of amides is 1. The monoisotopic (exact) mass is 558 g/mol. The highest BCUT2D eigenvalue weighted by molar-refractivity contribution is 6.31. The second-order valence-corrected chi connectivity index (χ2v) is 11.2. The van der Waals surface area contributed by atoms with Crippen LogP contribution in [0.1, 0.15) is 80.4 Å². The largest absolute Gasteiger partial charge is 0.456 e. The molecule has 2 aromatic carbocycles. The van der Waals surface area contributed by atoms with E-state index in [2.05, 4.69) is 10.3 Å². The number of carbonyl (C=O) groups is 2. The second kappa shape index (κ2) is 11.8. The zero-order valence-corrected chi connectivity index (χ0v) is 22.7. The Bertz CT molecular complexity index is 1340. The maximum absolute atomic E-state index is 14.7. The van der Waals surface area contributed by atoms with Gasteiger partial charge >= 0.3 is 5.97 Å². The van der Waals surface area contributed by atoms with E-state index in [-0.39, 0.29) is 22.1 Å². The minimum atomic E-state index is -2.90. The Labute approximate surface area is 230 Å². The van der Waals surface area contributed by atoms with Crippen LogP contribution < -0.4 is 5.32 Å². The zero-order chi connectivity index (χ0) is 28.3. The summed E-state index contributed by atoms with van der Waals surface area (Å²) in [4.78, 5) is 30.1. The highest BCUT2D eigenvalue weighted by Gasteiger charge is 2.30. The van der Waals surface area contributed by atoms with Crippen LogP contribution >= 0.6 is 11.6 Å². The zero-order valence-electron chi connectivity index (χ0n) is 21.9. The maximum atomic E-state index is 14.7. The van der Waals surface area contributed by atoms with Crippen molar-refractivity contribution in [3.05, 3.63) is 82.4 Å². The number of esters is 1. The van der Waals surface area contributed by atoms with Crippen LogP contribution in [0.25, 0.3) is 11.1 Å². The van der Waals surface area contributed by atoms with E-state index in [4.69, 9.17) is 16.3 Å². The molecule has 1 aromatic heterocycles. The van der Waals surface area contributed by atoms with Gasteiger partial charge in [0.15, 0.2) is 0 Å². The first-order valence-electron chi connectivity index (χ1n) is 12.8. The molecule has 1 saturated carbocycles. The number of hydrogen-bond acceptors (Lipinski definition) is 4. The van der Waals surface area contributed by atoms with Crippen LogP contribution in [0.4, 0.5) is 18.9 Å². The number of halogens is 4. The van der Waals surface area contributed by atoms with Crippen LogP contribution in [0.5, 0.6) is 0 Å². The fourth-order valence-corrected chi connectivity index (χ4v) is 4.64. The molecule has 1 atom stereocenters. The number of nitrogens with zero attached hydrogens (tertiary/aromatic N) is 1. The fourth-order valence-electron chi connectivity index (χ4n) is 4.48. The molecule has 1 N–H and O–H groups in total. The quantitative estimate of drug-likeness (QED) is 0.282. The van der Waals surface area contributed by atoms with Gasteiger partial charge in [-0.05, 0) is 69.5 Å². The van der Waals surface area contributed by atoms with E-state index in [1.165, 1.54) is 12.3 Å². The molecule has 5 nitrogen and oxygen atoms in total. The molecule has 3 aromatic rings. The van der Waals surface area contributed by atoms with E-state index in [9.17, 15) is 22.8 Å². The van der Waals surface area contributed by atoms with Crippen molar-refractivity contribution in [3.8, 4) is 11.1 Å². The molecule has 1 heterocycles. The van der Waals surface area contributed by atoms with Gasteiger partial charge in [0.05, 0.1) is 22.2 Å². The molecule has 1 aliphatic carbocycles. The van der Waals surface area contributed by atoms with Gasteiger partial charge in [-0.15, -0.1) is 0 Å². The van der Waals surface area contributed by atoms with Crippen LogP contribution in [0.2, 0.25) is 5.02 Å². The van der Waals surface area contributed by atoms with Gasteiger partial charge in [0.2, 0.25) is 5.91 Å². The number of benzene rings is 2. The molecule has 206 valence electrons. The molecule has 0 saturated heterocycles. The van der Waals surface area contributed by atoms with Gasteiger partial charge in [0, 0.05) is 28.6 Å². The third-order valence-electron chi connectivity index (χ3n) is 6.69. The number of pyridine rings is 1. The topological polar surface area (TPSA) is 68.3 Å². The molecule has 1 aliphatic rings. The lowest BCUT2D eigenvalue weighted by atomic mass is 9.78. The van der Waals surface area contributed by atoms with Crippen molar-refractivity contribution in [2.24, 2.45) is 5.92 Å². The molecule has 0 radical (unpaired) electrons. The number of rotatable bonds is 8. The van der Waals surface area contributed by atoms with Crippen molar-refractivity contribution in [1.29, 1.82) is 0 Å². The Balaban J connectivity index is 1.55. The van der Waals surface area contributed by atoms with E-state index in [1.807, 2.05) is 0 Å². The van der Waals surface area contributed by atoms with Gasteiger partial charge in [-0.2, -0.15) is 0 Å². The lowest BCUT2D eigenvalue weighted by molar-refractivity contribution is -0.118. The molecule has 0 aliphatic heterocycles. The summed E-state index contributed by atoms with van der Waals surface area (Å²) in [7, 11) is 0. The van der Waals surface area contributed by atoms with E-state index < -0.39 is 35.3 Å². The van der Waals surface area contributed by atoms with Crippen LogP contribution in [-0.2, 0) is 9.53 Å². The van der Waals surface area contributed by atoms with Crippen LogP contribution in [-0.4, -0.2) is 22.5 Å². The standard InChI is InChI=1S/C30H30ClF3N2O3/c1-30(2,3)39-29(38)18-7-10-20(11-8-18)36-28(37)22(15-17-5-4-6-17)24-14-9-19(16-35-24)25-21(27(33)34)12-13-23(31)26(25)32/h7-14,16-17,22,27H,4-6,15H2,1-3H3,(H,36,37). The maximum Gasteiger partial charge on any atom is 0.338 e. The first-order valence-corrected chi connectivity index (χ1v) is 13.2. The van der Waals surface area contributed by atoms with Crippen molar-refractivity contribution in [3.63, 3.8) is 0 Å². The molecule has 9 heteroatoms. The second-order valence-electron chi connectivity index (χ2n) is 10.8. The summed E-state index contributed by atoms with van der Waals surface area (Å²) < 4.78 is 47.2. The number of alkyl halides is 2. The summed E-state index contributed by atoms with van der Waals surface area (Å²) >= 11 is 5.86. The van der Waals surface area contributed by atoms with E-state index in [0.717, 1.165) is 31.4 Å². The number of hydrogen-bond donors (Lipinski definition) is 1. The number of carbonyl (C=O) groups excluding carboxylic acids is 2. The van der Waals surface area contributed by atoms with E-state index in [1.54, 1.807) is 51.1 Å². The molecule has 1 amide bonds. The molecule has 1 unspecified atom stereocenters. The predicted molar refractivity (Wildman–Crippen MR) is 145 cm³/mol. The summed E-state index contributed by atoms with van der Waals surface area (Å²) in [5.74, 6) is -1.92. The van der Waals surface area contributed by atoms with Crippen LogP contribution in [0, 0.1) is 11.7 Å². The summed E-state index contributed by atoms with van der Waals surface area (Å²) in [6, 6.07) is 11.7.